The number of rotatable bonds is 3. The van der Waals surface area contributed by atoms with Gasteiger partial charge in [0.05, 0.1) is 7.11 Å². The van der Waals surface area contributed by atoms with E-state index in [1.54, 1.807) is 0 Å². The molecule has 2 rings (SSSR count). The topological polar surface area (TPSA) is 44.8 Å². The third kappa shape index (κ3) is 4.79. The predicted molar refractivity (Wildman–Crippen MR) is 88.6 cm³/mol. The van der Waals surface area contributed by atoms with Crippen LogP contribution in [-0.2, 0) is 4.74 Å². The highest BCUT2D eigenvalue weighted by atomic mass is 35.5. The van der Waals surface area contributed by atoms with Crippen LogP contribution in [0.15, 0.2) is 24.3 Å². The van der Waals surface area contributed by atoms with Crippen LogP contribution >= 0.6 is 12.4 Å². The van der Waals surface area contributed by atoms with E-state index in [0.717, 1.165) is 31.9 Å². The Balaban J connectivity index is 0.00000220. The van der Waals surface area contributed by atoms with Crippen molar-refractivity contribution in [3.8, 4) is 0 Å². The average molecular weight is 314 g/mol. The van der Waals surface area contributed by atoms with Crippen LogP contribution < -0.4 is 10.2 Å². The molecule has 0 bridgehead atoms. The summed E-state index contributed by atoms with van der Waals surface area (Å²) in [7, 11) is 1.36. The molecule has 5 nitrogen and oxygen atoms in total. The highest BCUT2D eigenvalue weighted by Gasteiger charge is 2.18. The zero-order valence-electron chi connectivity index (χ0n) is 12.8. The molecule has 0 atom stereocenters. The van der Waals surface area contributed by atoms with Crippen LogP contribution in [0.3, 0.4) is 0 Å². The summed E-state index contributed by atoms with van der Waals surface area (Å²) in [5, 5.41) is 2.66. The molecule has 21 heavy (non-hydrogen) atoms. The third-order valence-electron chi connectivity index (χ3n) is 3.71. The average Bonchev–Trinajstić information content (AvgIpc) is 2.48. The van der Waals surface area contributed by atoms with Crippen molar-refractivity contribution in [2.75, 3.05) is 43.5 Å². The van der Waals surface area contributed by atoms with E-state index < -0.39 is 6.09 Å². The highest BCUT2D eigenvalue weighted by molar-refractivity contribution is 5.85. The third-order valence-corrected chi connectivity index (χ3v) is 3.71. The Morgan fingerprint density at radius 1 is 1.14 bits per heavy atom. The van der Waals surface area contributed by atoms with Crippen molar-refractivity contribution >= 4 is 29.9 Å². The van der Waals surface area contributed by atoms with Crippen molar-refractivity contribution in [1.82, 2.24) is 4.90 Å². The van der Waals surface area contributed by atoms with E-state index in [4.69, 9.17) is 0 Å². The second-order valence-corrected chi connectivity index (χ2v) is 5.28. The summed E-state index contributed by atoms with van der Waals surface area (Å²) < 4.78 is 4.57. The van der Waals surface area contributed by atoms with Gasteiger partial charge in [-0.25, -0.2) is 4.79 Å². The Kier molecular flexibility index (Phi) is 6.78. The zero-order chi connectivity index (χ0) is 14.5. The van der Waals surface area contributed by atoms with E-state index in [0.29, 0.717) is 6.04 Å². The molecule has 1 aromatic carbocycles. The fraction of sp³-hybridized carbons (Fsp3) is 0.533. The molecule has 1 amide bonds. The van der Waals surface area contributed by atoms with Crippen molar-refractivity contribution in [3.63, 3.8) is 0 Å². The molecular formula is C15H24ClN3O2. The summed E-state index contributed by atoms with van der Waals surface area (Å²) in [5.41, 5.74) is 1.95. The molecule has 1 fully saturated rings. The van der Waals surface area contributed by atoms with Crippen LogP contribution in [0.25, 0.3) is 0 Å². The minimum absolute atomic E-state index is 0. The molecule has 0 aromatic heterocycles. The molecule has 1 aliphatic heterocycles. The van der Waals surface area contributed by atoms with Gasteiger partial charge in [-0.3, -0.25) is 10.2 Å². The van der Waals surface area contributed by atoms with Crippen molar-refractivity contribution in [2.45, 2.75) is 19.9 Å². The first-order valence-electron chi connectivity index (χ1n) is 7.04. The predicted octanol–water partition coefficient (Wildman–Crippen LogP) is 2.82. The summed E-state index contributed by atoms with van der Waals surface area (Å²) in [6.45, 7) is 8.76. The summed E-state index contributed by atoms with van der Waals surface area (Å²) >= 11 is 0. The SMILES string of the molecule is COC(=O)Nc1ccc(N2CCN(C(C)C)CC2)cc1.Cl. The number of nitrogens with zero attached hydrogens (tertiary/aromatic N) is 2. The Hall–Kier alpha value is -1.46. The summed E-state index contributed by atoms with van der Waals surface area (Å²) in [6.07, 6.45) is -0.441. The van der Waals surface area contributed by atoms with E-state index in [9.17, 15) is 4.79 Å². The summed E-state index contributed by atoms with van der Waals surface area (Å²) in [4.78, 5) is 16.0. The molecule has 118 valence electrons. The first-order chi connectivity index (χ1) is 9.60. The quantitative estimate of drug-likeness (QED) is 0.932. The lowest BCUT2D eigenvalue weighted by atomic mass is 10.2. The largest absolute Gasteiger partial charge is 0.453 e. The maximum atomic E-state index is 11.1. The Morgan fingerprint density at radius 3 is 2.19 bits per heavy atom. The number of benzene rings is 1. The zero-order valence-corrected chi connectivity index (χ0v) is 13.7. The van der Waals surface area contributed by atoms with Gasteiger partial charge in [0.15, 0.2) is 0 Å². The molecule has 0 unspecified atom stereocenters. The molecule has 0 aliphatic carbocycles. The number of ether oxygens (including phenoxy) is 1. The van der Waals surface area contributed by atoms with Gasteiger partial charge in [-0.05, 0) is 38.1 Å². The molecule has 0 radical (unpaired) electrons. The standard InChI is InChI=1S/C15H23N3O2.ClH/c1-12(2)17-8-10-18(11-9-17)14-6-4-13(5-7-14)16-15(19)20-3;/h4-7,12H,8-11H2,1-3H3,(H,16,19);1H. The lowest BCUT2D eigenvalue weighted by Crippen LogP contribution is -2.48. The van der Waals surface area contributed by atoms with E-state index in [2.05, 4.69) is 33.7 Å². The van der Waals surface area contributed by atoms with Gasteiger partial charge in [-0.15, -0.1) is 12.4 Å². The van der Waals surface area contributed by atoms with Crippen molar-refractivity contribution in [2.24, 2.45) is 0 Å². The molecule has 1 heterocycles. The van der Waals surface area contributed by atoms with Gasteiger partial charge in [0.25, 0.3) is 0 Å². The molecule has 1 aliphatic rings. The Bertz CT molecular complexity index is 443. The number of carbonyl (C=O) groups excluding carboxylic acids is 1. The van der Waals surface area contributed by atoms with Crippen molar-refractivity contribution < 1.29 is 9.53 Å². The number of carbonyl (C=O) groups is 1. The molecule has 1 aromatic rings. The number of methoxy groups -OCH3 is 1. The number of piperazine rings is 1. The number of hydrogen-bond acceptors (Lipinski definition) is 4. The van der Waals surface area contributed by atoms with Gasteiger partial charge in [-0.2, -0.15) is 0 Å². The lowest BCUT2D eigenvalue weighted by Gasteiger charge is -2.38. The highest BCUT2D eigenvalue weighted by Crippen LogP contribution is 2.20. The van der Waals surface area contributed by atoms with Crippen molar-refractivity contribution in [1.29, 1.82) is 0 Å². The van der Waals surface area contributed by atoms with E-state index in [1.807, 2.05) is 24.3 Å². The lowest BCUT2D eigenvalue weighted by molar-refractivity contribution is 0.187. The van der Waals surface area contributed by atoms with Crippen LogP contribution in [-0.4, -0.2) is 50.3 Å². The number of halogens is 1. The Labute approximate surface area is 132 Å². The maximum Gasteiger partial charge on any atom is 0.411 e. The maximum absolute atomic E-state index is 11.1. The first kappa shape index (κ1) is 17.6. The van der Waals surface area contributed by atoms with Gasteiger partial charge in [0.1, 0.15) is 0 Å². The van der Waals surface area contributed by atoms with Crippen LogP contribution in [0, 0.1) is 0 Å². The normalized spacial score (nSPS) is 15.5. The number of hydrogen-bond donors (Lipinski definition) is 1. The van der Waals surface area contributed by atoms with Gasteiger partial charge < -0.3 is 9.64 Å². The minimum atomic E-state index is -0.441. The van der Waals surface area contributed by atoms with E-state index >= 15 is 0 Å². The van der Waals surface area contributed by atoms with Gasteiger partial charge in [-0.1, -0.05) is 0 Å². The molecule has 1 saturated heterocycles. The molecule has 1 N–H and O–H groups in total. The number of anilines is 2. The van der Waals surface area contributed by atoms with Crippen molar-refractivity contribution in [3.05, 3.63) is 24.3 Å². The number of amides is 1. The van der Waals surface area contributed by atoms with E-state index in [1.165, 1.54) is 12.8 Å². The Morgan fingerprint density at radius 2 is 1.71 bits per heavy atom. The molecule has 0 saturated carbocycles. The fourth-order valence-electron chi connectivity index (χ4n) is 2.42. The molecular weight excluding hydrogens is 290 g/mol. The second kappa shape index (κ2) is 8.10. The first-order valence-corrected chi connectivity index (χ1v) is 7.04. The van der Waals surface area contributed by atoms with Gasteiger partial charge in [0, 0.05) is 43.6 Å². The monoisotopic (exact) mass is 313 g/mol. The minimum Gasteiger partial charge on any atom is -0.453 e. The van der Waals surface area contributed by atoms with Crippen LogP contribution in [0.4, 0.5) is 16.2 Å². The van der Waals surface area contributed by atoms with Crippen LogP contribution in [0.5, 0.6) is 0 Å². The fourth-order valence-corrected chi connectivity index (χ4v) is 2.42. The van der Waals surface area contributed by atoms with Crippen LogP contribution in [0.2, 0.25) is 0 Å². The summed E-state index contributed by atoms with van der Waals surface area (Å²) in [6, 6.07) is 8.50. The molecule has 6 heteroatoms. The second-order valence-electron chi connectivity index (χ2n) is 5.28. The van der Waals surface area contributed by atoms with Gasteiger partial charge in [0.2, 0.25) is 0 Å². The van der Waals surface area contributed by atoms with E-state index in [-0.39, 0.29) is 12.4 Å². The summed E-state index contributed by atoms with van der Waals surface area (Å²) in [5.74, 6) is 0. The van der Waals surface area contributed by atoms with Crippen LogP contribution in [0.1, 0.15) is 13.8 Å². The molecule has 0 spiro atoms. The van der Waals surface area contributed by atoms with Gasteiger partial charge >= 0.3 is 6.09 Å². The smallest absolute Gasteiger partial charge is 0.411 e. The number of nitrogens with one attached hydrogen (secondary N) is 1.